The normalized spacial score (nSPS) is 10.0. The van der Waals surface area contributed by atoms with Crippen LogP contribution in [0, 0.1) is 7.40 Å². The number of nitrogens with zero attached hydrogens (tertiary/aromatic N) is 6. The summed E-state index contributed by atoms with van der Waals surface area (Å²) in [6, 6.07) is 3.85. The first kappa shape index (κ1) is 27.9. The Morgan fingerprint density at radius 3 is 1.89 bits per heavy atom. The van der Waals surface area contributed by atoms with E-state index in [2.05, 4.69) is 126 Å². The van der Waals surface area contributed by atoms with E-state index in [1.54, 1.807) is 28.7 Å². The van der Waals surface area contributed by atoms with Crippen LogP contribution in [-0.4, -0.2) is 41.7 Å². The standard InChI is InChI=1S/C7H5BrIN3S.C6H2Br2IN3.CH4S.Na/c1-13-4-2-5(8)11-12-6(9)3-10-7(4)12;7-3-1-4(8)11-12-5(9)2-10-6(3)12;1-2;/h2-3H,1H3;1-2H;2H,1H3;/q;;;+1/p-1. The Kier molecular flexibility index (Phi) is 13.3. The first-order valence-electron chi connectivity index (χ1n) is 6.90. The molecule has 0 saturated heterocycles. The van der Waals surface area contributed by atoms with Gasteiger partial charge >= 0.3 is 29.6 Å². The summed E-state index contributed by atoms with van der Waals surface area (Å²) in [4.78, 5) is 9.60. The summed E-state index contributed by atoms with van der Waals surface area (Å²) in [6.07, 6.45) is 7.21. The fourth-order valence-corrected chi connectivity index (χ4v) is 5.14. The number of hydrogen-bond acceptors (Lipinski definition) is 6. The van der Waals surface area contributed by atoms with Gasteiger partial charge in [0, 0.05) is 0 Å². The number of halogens is 5. The van der Waals surface area contributed by atoms with Crippen LogP contribution in [0.3, 0.4) is 0 Å². The van der Waals surface area contributed by atoms with Crippen LogP contribution in [0.4, 0.5) is 0 Å². The Morgan fingerprint density at radius 1 is 0.893 bits per heavy atom. The predicted octanol–water partition coefficient (Wildman–Crippen LogP) is 2.84. The molecule has 0 atom stereocenters. The molecule has 0 aliphatic heterocycles. The molecular formula is C14H10Br3I2N6NaS2. The van der Waals surface area contributed by atoms with Gasteiger partial charge in [-0.2, -0.15) is 16.5 Å². The first-order valence-corrected chi connectivity index (χ1v) is 13.5. The smallest absolute Gasteiger partial charge is 0.796 e. The average Bonchev–Trinajstić information content (AvgIpc) is 3.20. The van der Waals surface area contributed by atoms with E-state index in [4.69, 9.17) is 0 Å². The molecule has 28 heavy (non-hydrogen) atoms. The molecule has 144 valence electrons. The molecule has 0 saturated carbocycles. The van der Waals surface area contributed by atoms with Crippen molar-refractivity contribution in [1.29, 1.82) is 0 Å². The Morgan fingerprint density at radius 2 is 1.36 bits per heavy atom. The summed E-state index contributed by atoms with van der Waals surface area (Å²) in [6.45, 7) is 0. The zero-order chi connectivity index (χ0) is 20.1. The van der Waals surface area contributed by atoms with Crippen molar-refractivity contribution < 1.29 is 29.6 Å². The summed E-state index contributed by atoms with van der Waals surface area (Å²) in [5.41, 5.74) is 1.75. The van der Waals surface area contributed by atoms with E-state index in [9.17, 15) is 0 Å². The molecule has 0 bridgehead atoms. The predicted molar refractivity (Wildman–Crippen MR) is 140 cm³/mol. The maximum absolute atomic E-state index is 4.29. The van der Waals surface area contributed by atoms with Crippen LogP contribution in [0.15, 0.2) is 43.1 Å². The molecule has 0 aromatic carbocycles. The van der Waals surface area contributed by atoms with Gasteiger partial charge in [-0.3, -0.25) is 0 Å². The van der Waals surface area contributed by atoms with Crippen LogP contribution in [0.5, 0.6) is 0 Å². The zero-order valence-corrected chi connectivity index (χ0v) is 27.4. The van der Waals surface area contributed by atoms with Crippen LogP contribution in [0.2, 0.25) is 0 Å². The number of imidazole rings is 2. The molecule has 4 rings (SSSR count). The van der Waals surface area contributed by atoms with Gasteiger partial charge < -0.3 is 12.6 Å². The maximum Gasteiger partial charge on any atom is 1.00 e. The van der Waals surface area contributed by atoms with E-state index in [0.29, 0.717) is 0 Å². The maximum atomic E-state index is 4.29. The van der Waals surface area contributed by atoms with Crippen LogP contribution in [-0.2, 0) is 12.6 Å². The van der Waals surface area contributed by atoms with Gasteiger partial charge in [0.1, 0.15) is 16.6 Å². The Labute approximate surface area is 246 Å². The molecule has 4 aromatic heterocycles. The third kappa shape index (κ3) is 6.92. The van der Waals surface area contributed by atoms with Crippen molar-refractivity contribution in [3.8, 4) is 0 Å². The van der Waals surface area contributed by atoms with E-state index in [0.717, 1.165) is 37.3 Å². The molecule has 0 fully saturated rings. The summed E-state index contributed by atoms with van der Waals surface area (Å²) < 4.78 is 8.17. The van der Waals surface area contributed by atoms with Crippen molar-refractivity contribution in [3.63, 3.8) is 0 Å². The van der Waals surface area contributed by atoms with Gasteiger partial charge in [0.05, 0.1) is 21.8 Å². The topological polar surface area (TPSA) is 60.4 Å². The Hall–Kier alpha value is 1.84. The average molecular weight is 843 g/mol. The minimum atomic E-state index is 0. The van der Waals surface area contributed by atoms with Gasteiger partial charge in [0.15, 0.2) is 11.3 Å². The number of fused-ring (bicyclic) bond motifs is 2. The molecule has 0 unspecified atom stereocenters. The molecule has 0 aliphatic rings. The monoisotopic (exact) mass is 840 g/mol. The van der Waals surface area contributed by atoms with Crippen molar-refractivity contribution in [2.24, 2.45) is 0 Å². The van der Waals surface area contributed by atoms with Crippen LogP contribution >= 0.6 is 105 Å². The molecule has 0 N–H and O–H groups in total. The second kappa shape index (κ2) is 13.4. The fourth-order valence-electron chi connectivity index (χ4n) is 1.91. The molecule has 4 heterocycles. The van der Waals surface area contributed by atoms with Gasteiger partial charge in [-0.25, -0.2) is 19.0 Å². The largest absolute Gasteiger partial charge is 1.00 e. The Bertz CT molecular complexity index is 1080. The first-order chi connectivity index (χ1) is 12.9. The minimum Gasteiger partial charge on any atom is -0.796 e. The van der Waals surface area contributed by atoms with E-state index >= 15 is 0 Å². The number of hydrogen-bond donors (Lipinski definition) is 0. The third-order valence-corrected chi connectivity index (χ3v) is 6.50. The molecule has 0 radical (unpaired) electrons. The summed E-state index contributed by atoms with van der Waals surface area (Å²) in [7, 11) is 0. The summed E-state index contributed by atoms with van der Waals surface area (Å²) in [5, 5.41) is 8.52. The Balaban J connectivity index is 0.000000250. The van der Waals surface area contributed by atoms with Crippen molar-refractivity contribution in [2.75, 3.05) is 12.5 Å². The van der Waals surface area contributed by atoms with Gasteiger partial charge in [0.2, 0.25) is 0 Å². The molecule has 4 aromatic rings. The molecule has 0 amide bonds. The van der Waals surface area contributed by atoms with Gasteiger partial charge in [-0.15, -0.1) is 11.8 Å². The third-order valence-electron chi connectivity index (χ3n) is 2.93. The number of aromatic nitrogens is 6. The van der Waals surface area contributed by atoms with E-state index in [1.165, 1.54) is 0 Å². The van der Waals surface area contributed by atoms with Gasteiger partial charge in [0.25, 0.3) is 0 Å². The molecular weight excluding hydrogens is 833 g/mol. The second-order valence-electron chi connectivity index (χ2n) is 4.48. The van der Waals surface area contributed by atoms with Crippen LogP contribution < -0.4 is 29.6 Å². The molecule has 0 spiro atoms. The van der Waals surface area contributed by atoms with Gasteiger partial charge in [-0.05, 0) is 111 Å². The summed E-state index contributed by atoms with van der Waals surface area (Å²) >= 11 is 20.2. The van der Waals surface area contributed by atoms with Crippen LogP contribution in [0.25, 0.3) is 11.3 Å². The quantitative estimate of drug-likeness (QED) is 0.127. The van der Waals surface area contributed by atoms with Crippen molar-refractivity contribution in [2.45, 2.75) is 4.90 Å². The number of thioether (sulfide) groups is 1. The van der Waals surface area contributed by atoms with E-state index < -0.39 is 0 Å². The molecule has 6 nitrogen and oxygen atoms in total. The second-order valence-corrected chi connectivity index (χ2v) is 10.0. The fraction of sp³-hybridized carbons (Fsp3) is 0.143. The van der Waals surface area contributed by atoms with Crippen molar-refractivity contribution in [1.82, 2.24) is 29.2 Å². The van der Waals surface area contributed by atoms with Crippen LogP contribution in [0.1, 0.15) is 0 Å². The SMILES string of the molecule is Brc1cc(Br)c2ncc(I)n2n1.CSc1cc(Br)nn2c(I)cnc12.C[S-].[Na+]. The molecule has 14 heteroatoms. The van der Waals surface area contributed by atoms with Gasteiger partial charge in [-0.1, -0.05) is 0 Å². The van der Waals surface area contributed by atoms with E-state index in [-0.39, 0.29) is 29.6 Å². The minimum absolute atomic E-state index is 0. The van der Waals surface area contributed by atoms with Crippen molar-refractivity contribution in [3.05, 3.63) is 45.6 Å². The number of rotatable bonds is 1. The van der Waals surface area contributed by atoms with E-state index in [1.807, 2.05) is 29.1 Å². The van der Waals surface area contributed by atoms with Crippen molar-refractivity contribution >= 4 is 129 Å². The zero-order valence-electron chi connectivity index (χ0n) is 14.7. The molecule has 0 aliphatic carbocycles. The summed E-state index contributed by atoms with van der Waals surface area (Å²) in [5.74, 6) is 0.